The molecule has 0 aromatic carbocycles. The van der Waals surface area contributed by atoms with Crippen LogP contribution in [-0.2, 0) is 4.74 Å². The van der Waals surface area contributed by atoms with Crippen molar-refractivity contribution in [2.75, 3.05) is 57.9 Å². The summed E-state index contributed by atoms with van der Waals surface area (Å²) in [7, 11) is 2.13. The topological polar surface area (TPSA) is 61.8 Å². The molecule has 4 heterocycles. The predicted octanol–water partition coefficient (Wildman–Crippen LogP) is 1.18. The van der Waals surface area contributed by atoms with E-state index in [2.05, 4.69) is 26.8 Å². The molecule has 1 aromatic heterocycles. The minimum Gasteiger partial charge on any atom is -0.379 e. The summed E-state index contributed by atoms with van der Waals surface area (Å²) in [4.78, 5) is 28.9. The molecule has 3 fully saturated rings. The fourth-order valence-electron chi connectivity index (χ4n) is 4.30. The van der Waals surface area contributed by atoms with Gasteiger partial charge in [0.25, 0.3) is 5.91 Å². The molecule has 7 nitrogen and oxygen atoms in total. The lowest BCUT2D eigenvalue weighted by Gasteiger charge is -2.30. The number of rotatable bonds is 2. The quantitative estimate of drug-likeness (QED) is 0.790. The number of likely N-dealkylation sites (N-methyl/N-ethyl adjacent to an activating group) is 1. The van der Waals surface area contributed by atoms with Gasteiger partial charge in [0, 0.05) is 44.8 Å². The number of nitrogens with zero attached hydrogens (tertiary/aromatic N) is 5. The van der Waals surface area contributed by atoms with Gasteiger partial charge in [0.2, 0.25) is 5.95 Å². The van der Waals surface area contributed by atoms with Gasteiger partial charge in [-0.15, -0.1) is 0 Å². The lowest BCUT2D eigenvalue weighted by molar-refractivity contribution is 0.0433. The molecule has 2 atom stereocenters. The van der Waals surface area contributed by atoms with Gasteiger partial charge in [0.05, 0.1) is 30.5 Å². The molecule has 4 rings (SSSR count). The molecule has 3 aliphatic heterocycles. The number of amides is 1. The molecule has 0 spiro atoms. The van der Waals surface area contributed by atoms with Gasteiger partial charge in [-0.2, -0.15) is 0 Å². The molecule has 1 amide bonds. The molecule has 0 unspecified atom stereocenters. The number of aryl methyl sites for hydroxylation is 1. The van der Waals surface area contributed by atoms with Gasteiger partial charge in [-0.1, -0.05) is 0 Å². The molecule has 7 heteroatoms. The summed E-state index contributed by atoms with van der Waals surface area (Å²) in [5.41, 5.74) is 1.42. The molecule has 3 saturated heterocycles. The summed E-state index contributed by atoms with van der Waals surface area (Å²) in [6, 6.07) is 0.264. The molecule has 0 radical (unpaired) electrons. The summed E-state index contributed by atoms with van der Waals surface area (Å²) in [6.07, 6.45) is 5.39. The molecule has 26 heavy (non-hydrogen) atoms. The summed E-state index contributed by atoms with van der Waals surface area (Å²) < 4.78 is 5.76. The summed E-state index contributed by atoms with van der Waals surface area (Å²) in [5, 5.41) is 0. The van der Waals surface area contributed by atoms with Gasteiger partial charge in [0.1, 0.15) is 0 Å². The molecule has 2 bridgehead atoms. The Labute approximate surface area is 155 Å². The number of hydrogen-bond donors (Lipinski definition) is 0. The van der Waals surface area contributed by atoms with E-state index in [1.54, 1.807) is 6.20 Å². The fraction of sp³-hybridized carbons (Fsp3) is 0.737. The number of piperidine rings is 1. The number of hydrogen-bond acceptors (Lipinski definition) is 6. The lowest BCUT2D eigenvalue weighted by atomic mass is 10.1. The van der Waals surface area contributed by atoms with Crippen molar-refractivity contribution in [3.63, 3.8) is 0 Å². The highest BCUT2D eigenvalue weighted by atomic mass is 16.5. The van der Waals surface area contributed by atoms with Crippen LogP contribution in [0.4, 0.5) is 5.95 Å². The Morgan fingerprint density at radius 1 is 1.15 bits per heavy atom. The number of ether oxygens (including phenoxy) is 1. The molecular formula is C19H29N5O2. The van der Waals surface area contributed by atoms with Gasteiger partial charge >= 0.3 is 0 Å². The first-order valence-electron chi connectivity index (χ1n) is 9.77. The number of fused-ring (bicyclic) bond motifs is 3. The van der Waals surface area contributed by atoms with E-state index >= 15 is 0 Å². The van der Waals surface area contributed by atoms with E-state index < -0.39 is 0 Å². The fourth-order valence-corrected chi connectivity index (χ4v) is 4.30. The summed E-state index contributed by atoms with van der Waals surface area (Å²) in [5.74, 6) is 1.19. The minimum absolute atomic E-state index is 0.0555. The third-order valence-corrected chi connectivity index (χ3v) is 5.87. The van der Waals surface area contributed by atoms with Crippen molar-refractivity contribution < 1.29 is 9.53 Å². The monoisotopic (exact) mass is 359 g/mol. The number of carbonyl (C=O) groups is 1. The van der Waals surface area contributed by atoms with Crippen molar-refractivity contribution in [3.8, 4) is 0 Å². The van der Waals surface area contributed by atoms with Gasteiger partial charge in [-0.3, -0.25) is 9.69 Å². The molecule has 3 aliphatic rings. The van der Waals surface area contributed by atoms with Crippen LogP contribution in [-0.4, -0.2) is 84.7 Å². The van der Waals surface area contributed by atoms with Gasteiger partial charge < -0.3 is 14.5 Å². The Morgan fingerprint density at radius 2 is 1.96 bits per heavy atom. The van der Waals surface area contributed by atoms with E-state index in [1.807, 2.05) is 11.8 Å². The van der Waals surface area contributed by atoms with E-state index in [1.165, 1.54) is 19.3 Å². The standard InChI is InChI=1S/C19H29N5O2/c1-14-17(8-20-19(21-14)23-6-4-3-5-7-23)18(25)24-10-15-9-22(2)16(11-24)13-26-12-15/h8,15-16H,3-7,9-13H2,1-2H3/t15-,16+/m1/s1. The minimum atomic E-state index is 0.0555. The van der Waals surface area contributed by atoms with Crippen LogP contribution in [0.3, 0.4) is 0 Å². The predicted molar refractivity (Wildman–Crippen MR) is 99.5 cm³/mol. The highest BCUT2D eigenvalue weighted by Gasteiger charge is 2.34. The molecular weight excluding hydrogens is 330 g/mol. The lowest BCUT2D eigenvalue weighted by Crippen LogP contribution is -2.45. The molecule has 142 valence electrons. The third-order valence-electron chi connectivity index (χ3n) is 5.87. The zero-order valence-corrected chi connectivity index (χ0v) is 15.9. The second kappa shape index (κ2) is 7.48. The highest BCUT2D eigenvalue weighted by molar-refractivity contribution is 5.95. The summed E-state index contributed by atoms with van der Waals surface area (Å²) >= 11 is 0. The van der Waals surface area contributed by atoms with Crippen LogP contribution in [0.25, 0.3) is 0 Å². The first-order chi connectivity index (χ1) is 12.6. The summed E-state index contributed by atoms with van der Waals surface area (Å²) in [6.45, 7) is 7.80. The number of carbonyl (C=O) groups excluding carboxylic acids is 1. The third kappa shape index (κ3) is 3.55. The van der Waals surface area contributed by atoms with Crippen LogP contribution in [0.1, 0.15) is 35.3 Å². The van der Waals surface area contributed by atoms with Crippen LogP contribution < -0.4 is 4.90 Å². The van der Waals surface area contributed by atoms with Crippen molar-refractivity contribution in [2.45, 2.75) is 32.2 Å². The maximum Gasteiger partial charge on any atom is 0.257 e. The zero-order chi connectivity index (χ0) is 18.1. The van der Waals surface area contributed by atoms with Crippen LogP contribution in [0.2, 0.25) is 0 Å². The largest absolute Gasteiger partial charge is 0.379 e. The van der Waals surface area contributed by atoms with Crippen LogP contribution in [0.5, 0.6) is 0 Å². The maximum atomic E-state index is 13.2. The van der Waals surface area contributed by atoms with Gasteiger partial charge in [-0.25, -0.2) is 9.97 Å². The smallest absolute Gasteiger partial charge is 0.257 e. The van der Waals surface area contributed by atoms with Crippen LogP contribution >= 0.6 is 0 Å². The first-order valence-corrected chi connectivity index (χ1v) is 9.77. The maximum absolute atomic E-state index is 13.2. The Balaban J connectivity index is 1.52. The average Bonchev–Trinajstić information content (AvgIpc) is 2.90. The van der Waals surface area contributed by atoms with E-state index in [9.17, 15) is 4.79 Å². The SMILES string of the molecule is Cc1nc(N2CCCCC2)ncc1C(=O)N1C[C@@H]2COC[C@H](C1)N(C)C2. The van der Waals surface area contributed by atoms with Gasteiger partial charge in [-0.05, 0) is 33.2 Å². The number of aromatic nitrogens is 2. The van der Waals surface area contributed by atoms with Gasteiger partial charge in [0.15, 0.2) is 0 Å². The second-order valence-corrected chi connectivity index (χ2v) is 7.92. The normalized spacial score (nSPS) is 27.3. The Bertz CT molecular complexity index is 661. The molecule has 0 aliphatic carbocycles. The first kappa shape index (κ1) is 17.7. The molecule has 1 aromatic rings. The Kier molecular flexibility index (Phi) is 5.09. The van der Waals surface area contributed by atoms with E-state index in [-0.39, 0.29) is 11.9 Å². The highest BCUT2D eigenvalue weighted by Crippen LogP contribution is 2.22. The van der Waals surface area contributed by atoms with Crippen molar-refractivity contribution in [3.05, 3.63) is 17.5 Å². The van der Waals surface area contributed by atoms with Crippen molar-refractivity contribution in [2.24, 2.45) is 5.92 Å². The molecule has 0 N–H and O–H groups in total. The van der Waals surface area contributed by atoms with E-state index in [0.29, 0.717) is 24.6 Å². The number of anilines is 1. The van der Waals surface area contributed by atoms with E-state index in [0.717, 1.165) is 44.4 Å². The van der Waals surface area contributed by atoms with Crippen LogP contribution in [0, 0.1) is 12.8 Å². The molecule has 0 saturated carbocycles. The van der Waals surface area contributed by atoms with Crippen molar-refractivity contribution in [1.82, 2.24) is 19.8 Å². The Hall–Kier alpha value is -1.73. The average molecular weight is 359 g/mol. The Morgan fingerprint density at radius 3 is 2.73 bits per heavy atom. The van der Waals surface area contributed by atoms with Crippen molar-refractivity contribution in [1.29, 1.82) is 0 Å². The van der Waals surface area contributed by atoms with E-state index in [4.69, 9.17) is 4.74 Å². The van der Waals surface area contributed by atoms with Crippen LogP contribution in [0.15, 0.2) is 6.20 Å². The second-order valence-electron chi connectivity index (χ2n) is 7.92. The zero-order valence-electron chi connectivity index (χ0n) is 15.9. The van der Waals surface area contributed by atoms with Crippen molar-refractivity contribution >= 4 is 11.9 Å².